The van der Waals surface area contributed by atoms with Crippen LogP contribution in [-0.2, 0) is 6.42 Å². The Hall–Kier alpha value is -1.44. The van der Waals surface area contributed by atoms with Crippen LogP contribution in [0.1, 0.15) is 69.9 Å². The van der Waals surface area contributed by atoms with Crippen molar-refractivity contribution >= 4 is 5.69 Å². The van der Waals surface area contributed by atoms with E-state index in [1.807, 2.05) is 6.92 Å². The molecule has 0 radical (unpaired) electrons. The molecule has 3 aliphatic rings. The molecule has 4 rings (SSSR count). The summed E-state index contributed by atoms with van der Waals surface area (Å²) < 4.78 is 5.79. The highest BCUT2D eigenvalue weighted by atomic mass is 16.5. The Morgan fingerprint density at radius 1 is 1.25 bits per heavy atom. The number of benzene rings is 1. The summed E-state index contributed by atoms with van der Waals surface area (Å²) in [5.41, 5.74) is 12.2. The van der Waals surface area contributed by atoms with Crippen molar-refractivity contribution in [3.63, 3.8) is 0 Å². The van der Waals surface area contributed by atoms with Crippen molar-refractivity contribution in [1.29, 1.82) is 0 Å². The van der Waals surface area contributed by atoms with E-state index < -0.39 is 0 Å². The van der Waals surface area contributed by atoms with Crippen LogP contribution in [0.2, 0.25) is 0 Å². The van der Waals surface area contributed by atoms with Crippen molar-refractivity contribution in [1.82, 2.24) is 0 Å². The van der Waals surface area contributed by atoms with Crippen LogP contribution in [-0.4, -0.2) is 6.61 Å². The van der Waals surface area contributed by atoms with E-state index >= 15 is 0 Å². The molecule has 0 spiro atoms. The summed E-state index contributed by atoms with van der Waals surface area (Å²) in [5, 5.41) is 0. The minimum atomic E-state index is 0.462. The lowest BCUT2D eigenvalue weighted by molar-refractivity contribution is 0.0812. The average Bonchev–Trinajstić information content (AvgIpc) is 2.92. The van der Waals surface area contributed by atoms with Crippen molar-refractivity contribution in [3.05, 3.63) is 34.9 Å². The van der Waals surface area contributed by atoms with Gasteiger partial charge in [0.25, 0.3) is 0 Å². The van der Waals surface area contributed by atoms with Gasteiger partial charge >= 0.3 is 0 Å². The first-order valence-corrected chi connectivity index (χ1v) is 9.79. The zero-order chi connectivity index (χ0) is 16.9. The zero-order valence-electron chi connectivity index (χ0n) is 15.4. The molecule has 1 aromatic carbocycles. The van der Waals surface area contributed by atoms with E-state index in [9.17, 15) is 0 Å². The third-order valence-electron chi connectivity index (χ3n) is 7.35. The highest BCUT2D eigenvalue weighted by Gasteiger charge is 2.52. The van der Waals surface area contributed by atoms with Gasteiger partial charge in [0, 0.05) is 0 Å². The molecule has 2 saturated carbocycles. The Morgan fingerprint density at radius 2 is 2.08 bits per heavy atom. The summed E-state index contributed by atoms with van der Waals surface area (Å²) in [6.45, 7) is 7.50. The standard InChI is InChI=1S/C22H31NO/c1-4-15-7-9-19-17-8-6-14-12-20(23)21(24-5-2)13-18(14)16(17)10-11-22(15,19)3/h4,12-13,16-17,19H,5-11,23H2,1-3H3/b15-4+/t16?,17?,19?,22-/m1/s1. The van der Waals surface area contributed by atoms with Crippen molar-refractivity contribution in [3.8, 4) is 5.75 Å². The van der Waals surface area contributed by atoms with Gasteiger partial charge in [0.05, 0.1) is 12.3 Å². The molecule has 0 amide bonds. The van der Waals surface area contributed by atoms with Gasteiger partial charge in [0.2, 0.25) is 0 Å². The highest BCUT2D eigenvalue weighted by molar-refractivity contribution is 5.58. The topological polar surface area (TPSA) is 35.2 Å². The maximum atomic E-state index is 6.21. The molecule has 0 heterocycles. The van der Waals surface area contributed by atoms with E-state index in [-0.39, 0.29) is 0 Å². The summed E-state index contributed by atoms with van der Waals surface area (Å²) in [4.78, 5) is 0. The number of rotatable bonds is 2. The number of aryl methyl sites for hydroxylation is 1. The van der Waals surface area contributed by atoms with E-state index in [0.717, 1.165) is 23.3 Å². The number of ether oxygens (including phenoxy) is 1. The number of fused-ring (bicyclic) bond motifs is 5. The number of hydrogen-bond acceptors (Lipinski definition) is 2. The normalized spacial score (nSPS) is 36.1. The number of anilines is 1. The summed E-state index contributed by atoms with van der Waals surface area (Å²) in [7, 11) is 0. The lowest BCUT2D eigenvalue weighted by Crippen LogP contribution is -2.40. The lowest BCUT2D eigenvalue weighted by atomic mass is 9.55. The Bertz CT molecular complexity index is 677. The van der Waals surface area contributed by atoms with Crippen molar-refractivity contribution in [2.75, 3.05) is 12.3 Å². The van der Waals surface area contributed by atoms with Crippen LogP contribution < -0.4 is 10.5 Å². The van der Waals surface area contributed by atoms with Gasteiger partial charge in [0.15, 0.2) is 0 Å². The molecule has 24 heavy (non-hydrogen) atoms. The predicted molar refractivity (Wildman–Crippen MR) is 100 cm³/mol. The quantitative estimate of drug-likeness (QED) is 0.578. The molecule has 0 aromatic heterocycles. The SMILES string of the molecule is C/C=C1\CCC2C3CCc4cc(N)c(OCC)cc4C3CC[C@]12C. The molecule has 4 atom stereocenters. The minimum absolute atomic E-state index is 0.462. The predicted octanol–water partition coefficient (Wildman–Crippen LogP) is 5.47. The summed E-state index contributed by atoms with van der Waals surface area (Å²) in [6, 6.07) is 4.47. The smallest absolute Gasteiger partial charge is 0.142 e. The van der Waals surface area contributed by atoms with Crippen LogP contribution in [0.4, 0.5) is 5.69 Å². The first kappa shape index (κ1) is 16.1. The van der Waals surface area contributed by atoms with Gasteiger partial charge in [-0.1, -0.05) is 18.6 Å². The number of hydrogen-bond donors (Lipinski definition) is 1. The first-order chi connectivity index (χ1) is 11.6. The largest absolute Gasteiger partial charge is 0.492 e. The molecule has 2 fully saturated rings. The van der Waals surface area contributed by atoms with Gasteiger partial charge < -0.3 is 10.5 Å². The molecular weight excluding hydrogens is 294 g/mol. The molecule has 2 N–H and O–H groups in total. The van der Waals surface area contributed by atoms with Gasteiger partial charge in [0.1, 0.15) is 5.75 Å². The molecule has 1 aromatic rings. The molecule has 3 unspecified atom stereocenters. The number of nitrogen functional groups attached to an aromatic ring is 1. The fraction of sp³-hybridized carbons (Fsp3) is 0.636. The van der Waals surface area contributed by atoms with Gasteiger partial charge in [-0.2, -0.15) is 0 Å². The first-order valence-electron chi connectivity index (χ1n) is 9.79. The van der Waals surface area contributed by atoms with Gasteiger partial charge in [-0.05, 0) is 98.8 Å². The Morgan fingerprint density at radius 3 is 2.83 bits per heavy atom. The molecular formula is C22H31NO. The minimum Gasteiger partial charge on any atom is -0.492 e. The van der Waals surface area contributed by atoms with Crippen molar-refractivity contribution in [2.24, 2.45) is 17.3 Å². The van der Waals surface area contributed by atoms with Gasteiger partial charge in [-0.25, -0.2) is 0 Å². The molecule has 3 aliphatic carbocycles. The molecule has 2 heteroatoms. The Balaban J connectivity index is 1.70. The summed E-state index contributed by atoms with van der Waals surface area (Å²) >= 11 is 0. The maximum absolute atomic E-state index is 6.21. The van der Waals surface area contributed by atoms with E-state index in [0.29, 0.717) is 17.9 Å². The molecule has 130 valence electrons. The van der Waals surface area contributed by atoms with Crippen LogP contribution in [0, 0.1) is 17.3 Å². The molecule has 0 saturated heterocycles. The van der Waals surface area contributed by atoms with Crippen LogP contribution >= 0.6 is 0 Å². The Labute approximate surface area is 146 Å². The fourth-order valence-corrected chi connectivity index (χ4v) is 6.22. The van der Waals surface area contributed by atoms with Crippen LogP contribution in [0.15, 0.2) is 23.8 Å². The molecule has 0 aliphatic heterocycles. The summed E-state index contributed by atoms with van der Waals surface area (Å²) in [5.74, 6) is 3.31. The van der Waals surface area contributed by atoms with Gasteiger partial charge in [-0.3, -0.25) is 0 Å². The zero-order valence-corrected chi connectivity index (χ0v) is 15.4. The second kappa shape index (κ2) is 5.82. The average molecular weight is 325 g/mol. The van der Waals surface area contributed by atoms with Crippen molar-refractivity contribution < 1.29 is 4.74 Å². The van der Waals surface area contributed by atoms with Gasteiger partial charge in [-0.15, -0.1) is 0 Å². The second-order valence-corrected chi connectivity index (χ2v) is 8.25. The monoisotopic (exact) mass is 325 g/mol. The molecule has 0 bridgehead atoms. The number of nitrogens with two attached hydrogens (primary N) is 1. The third kappa shape index (κ3) is 2.22. The highest BCUT2D eigenvalue weighted by Crippen LogP contribution is 2.63. The van der Waals surface area contributed by atoms with E-state index in [4.69, 9.17) is 10.5 Å². The fourth-order valence-electron chi connectivity index (χ4n) is 6.22. The van der Waals surface area contributed by atoms with E-state index in [1.165, 1.54) is 44.1 Å². The summed E-state index contributed by atoms with van der Waals surface area (Å²) in [6.07, 6.45) is 10.3. The van der Waals surface area contributed by atoms with Crippen LogP contribution in [0.25, 0.3) is 0 Å². The second-order valence-electron chi connectivity index (χ2n) is 8.25. The third-order valence-corrected chi connectivity index (χ3v) is 7.35. The molecule has 2 nitrogen and oxygen atoms in total. The van der Waals surface area contributed by atoms with Crippen molar-refractivity contribution in [2.45, 2.75) is 65.2 Å². The van der Waals surface area contributed by atoms with E-state index in [2.05, 4.69) is 32.1 Å². The maximum Gasteiger partial charge on any atom is 0.142 e. The van der Waals surface area contributed by atoms with Crippen LogP contribution in [0.3, 0.4) is 0 Å². The van der Waals surface area contributed by atoms with Crippen LogP contribution in [0.5, 0.6) is 5.75 Å². The Kier molecular flexibility index (Phi) is 3.89. The number of allylic oxidation sites excluding steroid dienone is 2. The lowest BCUT2D eigenvalue weighted by Gasteiger charge is -2.49. The van der Waals surface area contributed by atoms with E-state index in [1.54, 1.807) is 11.1 Å².